The van der Waals surface area contributed by atoms with Crippen LogP contribution in [0.1, 0.15) is 31.4 Å². The van der Waals surface area contributed by atoms with Crippen LogP contribution in [-0.2, 0) is 7.05 Å². The minimum atomic E-state index is -0.271. The van der Waals surface area contributed by atoms with E-state index >= 15 is 0 Å². The fourth-order valence-electron chi connectivity index (χ4n) is 3.25. The van der Waals surface area contributed by atoms with E-state index in [4.69, 9.17) is 11.6 Å². The molecule has 0 spiro atoms. The molecule has 1 N–H and O–H groups in total. The maximum atomic E-state index is 11.9. The van der Waals surface area contributed by atoms with Gasteiger partial charge < -0.3 is 5.32 Å². The van der Waals surface area contributed by atoms with Gasteiger partial charge in [-0.05, 0) is 31.9 Å². The van der Waals surface area contributed by atoms with E-state index in [0.29, 0.717) is 11.7 Å². The molecule has 128 valence electrons. The Balaban J connectivity index is 1.70. The minimum absolute atomic E-state index is 0.209. The molecule has 2 heterocycles. The average Bonchev–Trinajstić information content (AvgIpc) is 2.62. The van der Waals surface area contributed by atoms with E-state index < -0.39 is 0 Å². The summed E-state index contributed by atoms with van der Waals surface area (Å²) in [5.41, 5.74) is 1.68. The number of aryl methyl sites for hydroxylation is 1. The standard InChI is InChI=1S/C18H23ClN4O/c1-13(14-7-4-3-5-8-14)23-10-6-9-15(12-23)21-16-11-20-22(2)18(24)17(16)19/h3-5,7-8,11,13,15,21H,6,9-10,12H2,1-2H3. The third kappa shape index (κ3) is 3.62. The van der Waals surface area contributed by atoms with E-state index in [-0.39, 0.29) is 16.6 Å². The molecule has 1 aromatic carbocycles. The molecule has 6 heteroatoms. The lowest BCUT2D eigenvalue weighted by molar-refractivity contribution is 0.165. The zero-order valence-electron chi connectivity index (χ0n) is 14.1. The maximum Gasteiger partial charge on any atom is 0.287 e. The first kappa shape index (κ1) is 17.0. The summed E-state index contributed by atoms with van der Waals surface area (Å²) in [5, 5.41) is 7.66. The summed E-state index contributed by atoms with van der Waals surface area (Å²) in [6, 6.07) is 11.2. The van der Waals surface area contributed by atoms with Crippen molar-refractivity contribution in [3.63, 3.8) is 0 Å². The zero-order valence-corrected chi connectivity index (χ0v) is 14.8. The second kappa shape index (κ2) is 7.36. The molecule has 0 bridgehead atoms. The van der Waals surface area contributed by atoms with Crippen LogP contribution in [0, 0.1) is 0 Å². The topological polar surface area (TPSA) is 50.2 Å². The normalized spacial score (nSPS) is 19.9. The van der Waals surface area contributed by atoms with Crippen LogP contribution in [0.4, 0.5) is 5.69 Å². The Morgan fingerprint density at radius 1 is 1.33 bits per heavy atom. The quantitative estimate of drug-likeness (QED) is 0.924. The molecule has 1 fully saturated rings. The summed E-state index contributed by atoms with van der Waals surface area (Å²) in [6.45, 7) is 4.24. The molecule has 2 unspecified atom stereocenters. The number of anilines is 1. The fraction of sp³-hybridized carbons (Fsp3) is 0.444. The fourth-order valence-corrected chi connectivity index (χ4v) is 3.48. The Bertz CT molecular complexity index is 746. The first-order valence-electron chi connectivity index (χ1n) is 8.33. The molecule has 1 aliphatic rings. The molecular formula is C18H23ClN4O. The zero-order chi connectivity index (χ0) is 17.1. The third-order valence-corrected chi connectivity index (χ3v) is 5.09. The Hall–Kier alpha value is -1.85. The second-order valence-corrected chi connectivity index (χ2v) is 6.74. The van der Waals surface area contributed by atoms with Crippen molar-refractivity contribution in [2.45, 2.75) is 31.8 Å². The lowest BCUT2D eigenvalue weighted by Crippen LogP contribution is -2.43. The van der Waals surface area contributed by atoms with Crippen molar-refractivity contribution in [2.75, 3.05) is 18.4 Å². The highest BCUT2D eigenvalue weighted by Crippen LogP contribution is 2.26. The molecule has 0 saturated carbocycles. The molecular weight excluding hydrogens is 324 g/mol. The van der Waals surface area contributed by atoms with Crippen LogP contribution in [0.3, 0.4) is 0 Å². The number of hydrogen-bond donors (Lipinski definition) is 1. The molecule has 1 aromatic heterocycles. The van der Waals surface area contributed by atoms with Crippen molar-refractivity contribution in [1.82, 2.24) is 14.7 Å². The van der Waals surface area contributed by atoms with Gasteiger partial charge in [0.15, 0.2) is 0 Å². The van der Waals surface area contributed by atoms with Gasteiger partial charge >= 0.3 is 0 Å². The smallest absolute Gasteiger partial charge is 0.287 e. The summed E-state index contributed by atoms with van der Waals surface area (Å²) in [7, 11) is 1.60. The lowest BCUT2D eigenvalue weighted by atomic mass is 10.0. The van der Waals surface area contributed by atoms with Gasteiger partial charge in [-0.2, -0.15) is 5.10 Å². The van der Waals surface area contributed by atoms with Gasteiger partial charge in [0.2, 0.25) is 0 Å². The van der Waals surface area contributed by atoms with Gasteiger partial charge in [-0.3, -0.25) is 9.69 Å². The number of benzene rings is 1. The maximum absolute atomic E-state index is 11.9. The lowest BCUT2D eigenvalue weighted by Gasteiger charge is -2.37. The summed E-state index contributed by atoms with van der Waals surface area (Å²) in [4.78, 5) is 14.4. The van der Waals surface area contributed by atoms with E-state index in [2.05, 4.69) is 46.5 Å². The molecule has 2 aromatic rings. The van der Waals surface area contributed by atoms with E-state index in [0.717, 1.165) is 25.9 Å². The predicted octanol–water partition coefficient (Wildman–Crippen LogP) is 3.07. The highest BCUT2D eigenvalue weighted by Gasteiger charge is 2.25. The molecule has 2 atom stereocenters. The van der Waals surface area contributed by atoms with Crippen LogP contribution in [0.15, 0.2) is 41.3 Å². The Kier molecular flexibility index (Phi) is 5.21. The summed E-state index contributed by atoms with van der Waals surface area (Å²) >= 11 is 6.16. The van der Waals surface area contributed by atoms with Gasteiger partial charge in [0.05, 0.1) is 11.9 Å². The number of rotatable bonds is 4. The molecule has 3 rings (SSSR count). The Morgan fingerprint density at radius 3 is 2.83 bits per heavy atom. The van der Waals surface area contributed by atoms with Gasteiger partial charge in [0.1, 0.15) is 5.02 Å². The number of piperidine rings is 1. The van der Waals surface area contributed by atoms with Crippen LogP contribution in [0.5, 0.6) is 0 Å². The number of aromatic nitrogens is 2. The molecule has 0 aliphatic carbocycles. The van der Waals surface area contributed by atoms with Gasteiger partial charge in [-0.1, -0.05) is 41.9 Å². The summed E-state index contributed by atoms with van der Waals surface area (Å²) < 4.78 is 1.25. The molecule has 0 amide bonds. The van der Waals surface area contributed by atoms with Crippen molar-refractivity contribution in [3.05, 3.63) is 57.5 Å². The monoisotopic (exact) mass is 346 g/mol. The first-order chi connectivity index (χ1) is 11.6. The summed E-state index contributed by atoms with van der Waals surface area (Å²) in [5.74, 6) is 0. The Labute approximate surface area is 147 Å². The number of likely N-dealkylation sites (tertiary alicyclic amines) is 1. The SMILES string of the molecule is CC(c1ccccc1)N1CCCC(Nc2cnn(C)c(=O)c2Cl)C1. The van der Waals surface area contributed by atoms with Gasteiger partial charge in [0, 0.05) is 25.7 Å². The van der Waals surface area contributed by atoms with Gasteiger partial charge in [0.25, 0.3) is 5.56 Å². The molecule has 5 nitrogen and oxygen atoms in total. The van der Waals surface area contributed by atoms with E-state index in [9.17, 15) is 4.79 Å². The average molecular weight is 347 g/mol. The molecule has 1 saturated heterocycles. The molecule has 0 radical (unpaired) electrons. The van der Waals surface area contributed by atoms with Crippen molar-refractivity contribution >= 4 is 17.3 Å². The highest BCUT2D eigenvalue weighted by molar-refractivity contribution is 6.32. The van der Waals surface area contributed by atoms with E-state index in [1.165, 1.54) is 10.2 Å². The summed E-state index contributed by atoms with van der Waals surface area (Å²) in [6.07, 6.45) is 3.80. The number of halogens is 1. The molecule has 1 aliphatic heterocycles. The first-order valence-corrected chi connectivity index (χ1v) is 8.71. The van der Waals surface area contributed by atoms with E-state index in [1.54, 1.807) is 13.2 Å². The minimum Gasteiger partial charge on any atom is -0.378 e. The van der Waals surface area contributed by atoms with Gasteiger partial charge in [-0.15, -0.1) is 0 Å². The molecule has 24 heavy (non-hydrogen) atoms. The van der Waals surface area contributed by atoms with Crippen molar-refractivity contribution in [2.24, 2.45) is 7.05 Å². The van der Waals surface area contributed by atoms with Crippen LogP contribution in [-0.4, -0.2) is 33.8 Å². The number of hydrogen-bond acceptors (Lipinski definition) is 4. The van der Waals surface area contributed by atoms with Crippen molar-refractivity contribution < 1.29 is 0 Å². The van der Waals surface area contributed by atoms with Crippen molar-refractivity contribution in [1.29, 1.82) is 0 Å². The Morgan fingerprint density at radius 2 is 2.08 bits per heavy atom. The van der Waals surface area contributed by atoms with Crippen molar-refractivity contribution in [3.8, 4) is 0 Å². The van der Waals surface area contributed by atoms with Crippen LogP contribution < -0.4 is 10.9 Å². The predicted molar refractivity (Wildman–Crippen MR) is 97.6 cm³/mol. The third-order valence-electron chi connectivity index (χ3n) is 4.72. The van der Waals surface area contributed by atoms with Crippen LogP contribution >= 0.6 is 11.6 Å². The highest BCUT2D eigenvalue weighted by atomic mass is 35.5. The van der Waals surface area contributed by atoms with Gasteiger partial charge in [-0.25, -0.2) is 4.68 Å². The van der Waals surface area contributed by atoms with Crippen LogP contribution in [0.2, 0.25) is 5.02 Å². The number of nitrogens with one attached hydrogen (secondary N) is 1. The number of nitrogens with zero attached hydrogens (tertiary/aromatic N) is 3. The van der Waals surface area contributed by atoms with E-state index in [1.807, 2.05) is 6.07 Å². The second-order valence-electron chi connectivity index (χ2n) is 6.37. The van der Waals surface area contributed by atoms with Crippen LogP contribution in [0.25, 0.3) is 0 Å². The largest absolute Gasteiger partial charge is 0.378 e.